The Hall–Kier alpha value is -1.68. The second-order valence-corrected chi connectivity index (χ2v) is 5.89. The summed E-state index contributed by atoms with van der Waals surface area (Å²) >= 11 is 3.49. The second kappa shape index (κ2) is 6.39. The summed E-state index contributed by atoms with van der Waals surface area (Å²) in [5, 5.41) is 0. The minimum Gasteiger partial charge on any atom is -0.367 e. The van der Waals surface area contributed by atoms with E-state index in [-0.39, 0.29) is 17.6 Å². The molecule has 110 valence electrons. The maximum absolute atomic E-state index is 13.9. The largest absolute Gasteiger partial charge is 0.367 e. The van der Waals surface area contributed by atoms with Gasteiger partial charge in [0.1, 0.15) is 5.82 Å². The third-order valence-corrected chi connectivity index (χ3v) is 4.31. The van der Waals surface area contributed by atoms with Crippen LogP contribution in [0.4, 0.5) is 10.1 Å². The third-order valence-electron chi connectivity index (χ3n) is 3.67. The van der Waals surface area contributed by atoms with E-state index in [0.29, 0.717) is 11.1 Å². The van der Waals surface area contributed by atoms with E-state index in [1.807, 2.05) is 31.0 Å². The maximum Gasteiger partial charge on any atom is 0.159 e. The van der Waals surface area contributed by atoms with Crippen LogP contribution in [0.3, 0.4) is 0 Å². The smallest absolute Gasteiger partial charge is 0.159 e. The van der Waals surface area contributed by atoms with Gasteiger partial charge in [0.05, 0.1) is 11.7 Å². The highest BCUT2D eigenvalue weighted by Gasteiger charge is 2.18. The number of hydrogen-bond donors (Lipinski definition) is 0. The van der Waals surface area contributed by atoms with Crippen LogP contribution in [0.25, 0.3) is 0 Å². The van der Waals surface area contributed by atoms with Crippen molar-refractivity contribution in [2.24, 2.45) is 0 Å². The Morgan fingerprint density at radius 3 is 2.48 bits per heavy atom. The van der Waals surface area contributed by atoms with Crippen molar-refractivity contribution < 1.29 is 9.18 Å². The van der Waals surface area contributed by atoms with Gasteiger partial charge in [0.25, 0.3) is 0 Å². The van der Waals surface area contributed by atoms with Crippen molar-refractivity contribution in [3.8, 4) is 0 Å². The zero-order valence-corrected chi connectivity index (χ0v) is 13.8. The van der Waals surface area contributed by atoms with Crippen molar-refractivity contribution in [2.75, 3.05) is 11.9 Å². The minimum atomic E-state index is -0.215. The van der Waals surface area contributed by atoms with Crippen LogP contribution < -0.4 is 4.90 Å². The molecule has 0 fully saturated rings. The predicted octanol–water partition coefficient (Wildman–Crippen LogP) is 4.99. The lowest BCUT2D eigenvalue weighted by molar-refractivity contribution is 0.101. The molecule has 21 heavy (non-hydrogen) atoms. The quantitative estimate of drug-likeness (QED) is 0.724. The van der Waals surface area contributed by atoms with Gasteiger partial charge in [-0.1, -0.05) is 18.2 Å². The lowest BCUT2D eigenvalue weighted by Gasteiger charge is -2.28. The molecule has 0 heterocycles. The van der Waals surface area contributed by atoms with Crippen LogP contribution in [0.5, 0.6) is 0 Å². The van der Waals surface area contributed by atoms with Crippen LogP contribution in [0, 0.1) is 5.82 Å². The molecule has 0 aromatic heterocycles. The molecule has 0 saturated carbocycles. The van der Waals surface area contributed by atoms with Crippen molar-refractivity contribution in [1.82, 2.24) is 0 Å². The molecular formula is C17H17BrFNO. The highest BCUT2D eigenvalue weighted by molar-refractivity contribution is 9.10. The minimum absolute atomic E-state index is 0.0204. The summed E-state index contributed by atoms with van der Waals surface area (Å²) < 4.78 is 14.7. The number of nitrogens with zero attached hydrogens (tertiary/aromatic N) is 1. The fourth-order valence-electron chi connectivity index (χ4n) is 2.24. The molecule has 0 radical (unpaired) electrons. The molecule has 0 N–H and O–H groups in total. The summed E-state index contributed by atoms with van der Waals surface area (Å²) in [6.45, 7) is 3.48. The number of anilines is 1. The van der Waals surface area contributed by atoms with Gasteiger partial charge in [-0.25, -0.2) is 4.39 Å². The summed E-state index contributed by atoms with van der Waals surface area (Å²) in [6, 6.07) is 12.1. The predicted molar refractivity (Wildman–Crippen MR) is 87.4 cm³/mol. The average molecular weight is 350 g/mol. The Kier molecular flexibility index (Phi) is 4.78. The molecule has 4 heteroatoms. The SMILES string of the molecule is CC(=O)c1ccc(N(C)C(C)c2ccccc2F)c(Br)c1. The van der Waals surface area contributed by atoms with Crippen molar-refractivity contribution in [3.05, 3.63) is 63.9 Å². The molecule has 2 rings (SSSR count). The first-order valence-electron chi connectivity index (χ1n) is 6.69. The molecule has 2 aromatic rings. The summed E-state index contributed by atoms with van der Waals surface area (Å²) in [4.78, 5) is 13.4. The Morgan fingerprint density at radius 1 is 1.24 bits per heavy atom. The topological polar surface area (TPSA) is 20.3 Å². The van der Waals surface area contributed by atoms with Gasteiger partial charge in [0.15, 0.2) is 5.78 Å². The summed E-state index contributed by atoms with van der Waals surface area (Å²) in [5.74, 6) is -0.194. The van der Waals surface area contributed by atoms with Gasteiger partial charge in [0.2, 0.25) is 0 Å². The highest BCUT2D eigenvalue weighted by atomic mass is 79.9. The Bertz CT molecular complexity index is 672. The zero-order valence-electron chi connectivity index (χ0n) is 12.2. The number of benzene rings is 2. The molecule has 1 unspecified atom stereocenters. The molecule has 0 bridgehead atoms. The Morgan fingerprint density at radius 2 is 1.90 bits per heavy atom. The van der Waals surface area contributed by atoms with E-state index in [1.165, 1.54) is 13.0 Å². The van der Waals surface area contributed by atoms with Gasteiger partial charge < -0.3 is 4.90 Å². The van der Waals surface area contributed by atoms with Crippen molar-refractivity contribution >= 4 is 27.4 Å². The normalized spacial score (nSPS) is 12.0. The van der Waals surface area contributed by atoms with Crippen LogP contribution >= 0.6 is 15.9 Å². The fraction of sp³-hybridized carbons (Fsp3) is 0.235. The van der Waals surface area contributed by atoms with Crippen molar-refractivity contribution in [1.29, 1.82) is 0 Å². The molecule has 1 atom stereocenters. The van der Waals surface area contributed by atoms with Crippen molar-refractivity contribution in [3.63, 3.8) is 0 Å². The Balaban J connectivity index is 2.34. The van der Waals surface area contributed by atoms with E-state index >= 15 is 0 Å². The van der Waals surface area contributed by atoms with Gasteiger partial charge in [-0.15, -0.1) is 0 Å². The van der Waals surface area contributed by atoms with Crippen molar-refractivity contribution in [2.45, 2.75) is 19.9 Å². The lowest BCUT2D eigenvalue weighted by Crippen LogP contribution is -2.23. The number of carbonyl (C=O) groups excluding carboxylic acids is 1. The molecule has 2 aromatic carbocycles. The number of hydrogen-bond acceptors (Lipinski definition) is 2. The van der Waals surface area contributed by atoms with E-state index in [0.717, 1.165) is 10.2 Å². The van der Waals surface area contributed by atoms with Crippen LogP contribution in [-0.2, 0) is 0 Å². The molecule has 0 saturated heterocycles. The van der Waals surface area contributed by atoms with Crippen LogP contribution in [0.2, 0.25) is 0 Å². The van der Waals surface area contributed by atoms with Gasteiger partial charge in [-0.2, -0.15) is 0 Å². The first-order valence-corrected chi connectivity index (χ1v) is 7.49. The van der Waals surface area contributed by atoms with E-state index in [1.54, 1.807) is 24.3 Å². The number of ketones is 1. The molecule has 0 spiro atoms. The standard InChI is InChI=1S/C17H17BrFNO/c1-11(14-6-4-5-7-16(14)19)20(3)17-9-8-13(12(2)21)10-15(17)18/h4-11H,1-3H3. The molecular weight excluding hydrogens is 333 g/mol. The monoisotopic (exact) mass is 349 g/mol. The molecule has 0 aliphatic heterocycles. The molecule has 0 aliphatic rings. The van der Waals surface area contributed by atoms with Crippen LogP contribution in [-0.4, -0.2) is 12.8 Å². The van der Waals surface area contributed by atoms with Gasteiger partial charge in [0, 0.05) is 22.6 Å². The lowest BCUT2D eigenvalue weighted by atomic mass is 10.1. The summed E-state index contributed by atoms with van der Waals surface area (Å²) in [7, 11) is 1.91. The van der Waals surface area contributed by atoms with E-state index < -0.39 is 0 Å². The third kappa shape index (κ3) is 3.32. The number of carbonyl (C=O) groups is 1. The van der Waals surface area contributed by atoms with Gasteiger partial charge in [-0.05, 0) is 54.0 Å². The van der Waals surface area contributed by atoms with Gasteiger partial charge >= 0.3 is 0 Å². The molecule has 2 nitrogen and oxygen atoms in total. The van der Waals surface area contributed by atoms with Gasteiger partial charge in [-0.3, -0.25) is 4.79 Å². The summed E-state index contributed by atoms with van der Waals surface area (Å²) in [5.41, 5.74) is 2.20. The van der Waals surface area contributed by atoms with E-state index in [4.69, 9.17) is 0 Å². The second-order valence-electron chi connectivity index (χ2n) is 5.03. The molecule has 0 aliphatic carbocycles. The number of rotatable bonds is 4. The van der Waals surface area contributed by atoms with E-state index in [2.05, 4.69) is 15.9 Å². The highest BCUT2D eigenvalue weighted by Crippen LogP contribution is 2.33. The van der Waals surface area contributed by atoms with Crippen LogP contribution in [0.15, 0.2) is 46.9 Å². The fourth-order valence-corrected chi connectivity index (χ4v) is 2.90. The van der Waals surface area contributed by atoms with Crippen LogP contribution in [0.1, 0.15) is 35.8 Å². The number of Topliss-reactive ketones (excluding diaryl/α,β-unsaturated/α-hetero) is 1. The first-order chi connectivity index (χ1) is 9.91. The first kappa shape index (κ1) is 15.7. The average Bonchev–Trinajstić information content (AvgIpc) is 2.46. The van der Waals surface area contributed by atoms with E-state index in [9.17, 15) is 9.18 Å². The Labute approximate surface area is 132 Å². The molecule has 0 amide bonds. The summed E-state index contributed by atoms with van der Waals surface area (Å²) in [6.07, 6.45) is 0. The maximum atomic E-state index is 13.9. The number of halogens is 2. The zero-order chi connectivity index (χ0) is 15.6.